The minimum atomic E-state index is 0.286. The van der Waals surface area contributed by atoms with Gasteiger partial charge in [0.15, 0.2) is 0 Å². The van der Waals surface area contributed by atoms with E-state index in [4.69, 9.17) is 0 Å². The van der Waals surface area contributed by atoms with Crippen molar-refractivity contribution in [3.05, 3.63) is 42.4 Å². The fourth-order valence-electron chi connectivity index (χ4n) is 2.15. The van der Waals surface area contributed by atoms with Crippen LogP contribution in [0.15, 0.2) is 41.7 Å². The Bertz CT molecular complexity index is 400. The van der Waals surface area contributed by atoms with Crippen LogP contribution in [0.4, 0.5) is 0 Å². The Labute approximate surface area is 97.1 Å². The van der Waals surface area contributed by atoms with Gasteiger partial charge in [0.2, 0.25) is 0 Å². The van der Waals surface area contributed by atoms with Gasteiger partial charge in [-0.15, -0.1) is 0 Å². The maximum atomic E-state index is 4.46. The number of allylic oxidation sites excluding steroid dienone is 1. The molecule has 0 bridgehead atoms. The zero-order valence-corrected chi connectivity index (χ0v) is 9.98. The summed E-state index contributed by atoms with van der Waals surface area (Å²) in [6.07, 6.45) is 9.35. The van der Waals surface area contributed by atoms with Crippen LogP contribution >= 0.6 is 0 Å². The molecule has 2 rings (SSSR count). The van der Waals surface area contributed by atoms with Gasteiger partial charge in [0.25, 0.3) is 0 Å². The number of nitrogens with zero attached hydrogens (tertiary/aromatic N) is 2. The van der Waals surface area contributed by atoms with Crippen LogP contribution in [0.5, 0.6) is 0 Å². The summed E-state index contributed by atoms with van der Waals surface area (Å²) in [7, 11) is 0. The lowest BCUT2D eigenvalue weighted by Gasteiger charge is -2.30. The second-order valence-electron chi connectivity index (χ2n) is 4.35. The second kappa shape index (κ2) is 4.60. The Kier molecular flexibility index (Phi) is 3.18. The summed E-state index contributed by atoms with van der Waals surface area (Å²) < 4.78 is 0. The Balaban J connectivity index is 2.26. The fourth-order valence-corrected chi connectivity index (χ4v) is 2.15. The Morgan fingerprint density at radius 1 is 1.25 bits per heavy atom. The van der Waals surface area contributed by atoms with Crippen molar-refractivity contribution in [1.29, 1.82) is 0 Å². The van der Waals surface area contributed by atoms with Gasteiger partial charge in [-0.25, -0.2) is 0 Å². The normalized spacial score (nSPS) is 18.2. The molecule has 0 saturated carbocycles. The zero-order valence-electron chi connectivity index (χ0n) is 9.98. The lowest BCUT2D eigenvalue weighted by Crippen LogP contribution is -2.24. The lowest BCUT2D eigenvalue weighted by molar-refractivity contribution is 0.364. The van der Waals surface area contributed by atoms with Crippen LogP contribution in [-0.4, -0.2) is 10.7 Å². The van der Waals surface area contributed by atoms with E-state index in [2.05, 4.69) is 29.9 Å². The summed E-state index contributed by atoms with van der Waals surface area (Å²) in [4.78, 5) is 8.84. The van der Waals surface area contributed by atoms with Crippen LogP contribution in [0.2, 0.25) is 0 Å². The highest BCUT2D eigenvalue weighted by atomic mass is 14.8. The van der Waals surface area contributed by atoms with E-state index < -0.39 is 0 Å². The number of rotatable bonds is 3. The van der Waals surface area contributed by atoms with Crippen molar-refractivity contribution in [1.82, 2.24) is 4.98 Å². The van der Waals surface area contributed by atoms with Crippen molar-refractivity contribution in [3.63, 3.8) is 0 Å². The minimum absolute atomic E-state index is 0.286. The topological polar surface area (TPSA) is 25.2 Å². The van der Waals surface area contributed by atoms with Crippen LogP contribution in [0, 0.1) is 5.41 Å². The van der Waals surface area contributed by atoms with Gasteiger partial charge in [0.05, 0.1) is 11.4 Å². The molecular weight excluding hydrogens is 196 g/mol. The predicted molar refractivity (Wildman–Crippen MR) is 67.5 cm³/mol. The summed E-state index contributed by atoms with van der Waals surface area (Å²) in [5, 5.41) is 0. The molecule has 0 aromatic carbocycles. The highest BCUT2D eigenvalue weighted by molar-refractivity contribution is 6.00. The van der Waals surface area contributed by atoms with Gasteiger partial charge >= 0.3 is 0 Å². The van der Waals surface area contributed by atoms with Gasteiger partial charge in [0, 0.05) is 18.8 Å². The average molecular weight is 214 g/mol. The third-order valence-corrected chi connectivity index (χ3v) is 3.55. The third-order valence-electron chi connectivity index (χ3n) is 3.55. The highest BCUT2D eigenvalue weighted by Gasteiger charge is 2.27. The molecule has 1 aliphatic rings. The standard InChI is InChI=1S/C14H18N2/c1-3-14(4-2)8-10-16-13(11-14)12-7-5-6-9-15-12/h5-10H,3-4,11H2,1-2H3. The molecule has 0 saturated heterocycles. The Morgan fingerprint density at radius 2 is 2.06 bits per heavy atom. The molecule has 0 fully saturated rings. The largest absolute Gasteiger partial charge is 0.259 e. The zero-order chi connectivity index (χ0) is 11.4. The van der Waals surface area contributed by atoms with Crippen LogP contribution in [-0.2, 0) is 0 Å². The molecule has 0 aliphatic carbocycles. The van der Waals surface area contributed by atoms with E-state index in [9.17, 15) is 0 Å². The van der Waals surface area contributed by atoms with Crippen molar-refractivity contribution in [2.45, 2.75) is 33.1 Å². The first kappa shape index (κ1) is 11.1. The van der Waals surface area contributed by atoms with Crippen molar-refractivity contribution < 1.29 is 0 Å². The quantitative estimate of drug-likeness (QED) is 0.754. The summed E-state index contributed by atoms with van der Waals surface area (Å²) in [6.45, 7) is 4.49. The molecule has 0 amide bonds. The molecule has 2 heteroatoms. The number of pyridine rings is 1. The van der Waals surface area contributed by atoms with E-state index in [1.165, 1.54) is 0 Å². The molecule has 1 aliphatic heterocycles. The Morgan fingerprint density at radius 3 is 2.69 bits per heavy atom. The highest BCUT2D eigenvalue weighted by Crippen LogP contribution is 2.35. The maximum Gasteiger partial charge on any atom is 0.0844 e. The van der Waals surface area contributed by atoms with Gasteiger partial charge < -0.3 is 0 Å². The molecule has 84 valence electrons. The number of aromatic nitrogens is 1. The summed E-state index contributed by atoms with van der Waals surface area (Å²) in [5.74, 6) is 0. The minimum Gasteiger partial charge on any atom is -0.259 e. The Hall–Kier alpha value is -1.44. The summed E-state index contributed by atoms with van der Waals surface area (Å²) in [6, 6.07) is 5.99. The van der Waals surface area contributed by atoms with Crippen LogP contribution < -0.4 is 0 Å². The van der Waals surface area contributed by atoms with Gasteiger partial charge in [-0.2, -0.15) is 0 Å². The van der Waals surface area contributed by atoms with E-state index in [1.807, 2.05) is 30.6 Å². The summed E-state index contributed by atoms with van der Waals surface area (Å²) in [5.41, 5.74) is 2.42. The first-order chi connectivity index (χ1) is 7.79. The molecule has 0 unspecified atom stereocenters. The van der Waals surface area contributed by atoms with Gasteiger partial charge in [-0.1, -0.05) is 26.0 Å². The van der Waals surface area contributed by atoms with Crippen LogP contribution in [0.25, 0.3) is 0 Å². The molecule has 2 heterocycles. The predicted octanol–water partition coefficient (Wildman–Crippen LogP) is 3.59. The van der Waals surface area contributed by atoms with Crippen molar-refractivity contribution >= 4 is 5.71 Å². The lowest BCUT2D eigenvalue weighted by atomic mass is 9.76. The monoisotopic (exact) mass is 214 g/mol. The van der Waals surface area contributed by atoms with Crippen molar-refractivity contribution in [2.75, 3.05) is 0 Å². The average Bonchev–Trinajstić information content (AvgIpc) is 2.40. The van der Waals surface area contributed by atoms with E-state index in [0.717, 1.165) is 30.7 Å². The summed E-state index contributed by atoms with van der Waals surface area (Å²) >= 11 is 0. The third kappa shape index (κ3) is 2.06. The van der Waals surface area contributed by atoms with E-state index >= 15 is 0 Å². The molecular formula is C14H18N2. The first-order valence-electron chi connectivity index (χ1n) is 5.95. The molecule has 2 nitrogen and oxygen atoms in total. The molecule has 0 atom stereocenters. The molecule has 1 aromatic heterocycles. The van der Waals surface area contributed by atoms with Gasteiger partial charge in [-0.05, 0) is 30.4 Å². The molecule has 0 N–H and O–H groups in total. The first-order valence-corrected chi connectivity index (χ1v) is 5.95. The maximum absolute atomic E-state index is 4.46. The fraction of sp³-hybridized carbons (Fsp3) is 0.429. The van der Waals surface area contributed by atoms with Crippen LogP contribution in [0.3, 0.4) is 0 Å². The van der Waals surface area contributed by atoms with E-state index in [0.29, 0.717) is 0 Å². The van der Waals surface area contributed by atoms with E-state index in [1.54, 1.807) is 0 Å². The second-order valence-corrected chi connectivity index (χ2v) is 4.35. The van der Waals surface area contributed by atoms with Gasteiger partial charge in [0.1, 0.15) is 0 Å². The number of aliphatic imine (C=N–C) groups is 1. The molecule has 16 heavy (non-hydrogen) atoms. The van der Waals surface area contributed by atoms with Crippen LogP contribution in [0.1, 0.15) is 38.8 Å². The molecule has 0 spiro atoms. The molecule has 1 aromatic rings. The van der Waals surface area contributed by atoms with Crippen molar-refractivity contribution in [2.24, 2.45) is 10.4 Å². The molecule has 0 radical (unpaired) electrons. The SMILES string of the molecule is CCC1(CC)C=CN=C(c2ccccn2)C1. The smallest absolute Gasteiger partial charge is 0.0844 e. The van der Waals surface area contributed by atoms with Crippen molar-refractivity contribution in [3.8, 4) is 0 Å². The van der Waals surface area contributed by atoms with Gasteiger partial charge in [-0.3, -0.25) is 9.98 Å². The number of hydrogen-bond donors (Lipinski definition) is 0. The van der Waals surface area contributed by atoms with E-state index in [-0.39, 0.29) is 5.41 Å². The number of hydrogen-bond acceptors (Lipinski definition) is 2.